The van der Waals surface area contributed by atoms with Gasteiger partial charge in [0.1, 0.15) is 11.6 Å². The predicted octanol–water partition coefficient (Wildman–Crippen LogP) is 2.42. The monoisotopic (exact) mass is 378 g/mol. The third-order valence-corrected chi connectivity index (χ3v) is 4.85. The number of nitrogens with one attached hydrogen (secondary N) is 2. The number of fused-ring (bicyclic) bond motifs is 2. The Bertz CT molecular complexity index is 1040. The van der Waals surface area contributed by atoms with Crippen molar-refractivity contribution in [1.29, 1.82) is 0 Å². The normalized spacial score (nSPS) is 13.1. The van der Waals surface area contributed by atoms with Gasteiger partial charge in [0.2, 0.25) is 5.91 Å². The Morgan fingerprint density at radius 3 is 3.00 bits per heavy atom. The molecule has 2 amide bonds. The highest BCUT2D eigenvalue weighted by Gasteiger charge is 2.15. The topological polar surface area (TPSA) is 85.2 Å². The van der Waals surface area contributed by atoms with Crippen molar-refractivity contribution in [3.05, 3.63) is 53.9 Å². The van der Waals surface area contributed by atoms with Crippen LogP contribution in [-0.2, 0) is 22.6 Å². The summed E-state index contributed by atoms with van der Waals surface area (Å²) in [6.45, 7) is 3.06. The average Bonchev–Trinajstić information content (AvgIpc) is 3.01. The van der Waals surface area contributed by atoms with Gasteiger partial charge in [0.15, 0.2) is 6.61 Å². The lowest BCUT2D eigenvalue weighted by Gasteiger charge is -2.17. The van der Waals surface area contributed by atoms with Crippen molar-refractivity contribution >= 4 is 28.5 Å². The van der Waals surface area contributed by atoms with Crippen LogP contribution in [0.1, 0.15) is 17.8 Å². The van der Waals surface area contributed by atoms with Crippen LogP contribution < -0.4 is 15.4 Å². The van der Waals surface area contributed by atoms with Crippen LogP contribution >= 0.6 is 0 Å². The van der Waals surface area contributed by atoms with E-state index in [2.05, 4.69) is 20.2 Å². The number of para-hydroxylation sites is 2. The van der Waals surface area contributed by atoms with Crippen molar-refractivity contribution in [1.82, 2.24) is 14.9 Å². The van der Waals surface area contributed by atoms with Gasteiger partial charge in [-0.15, -0.1) is 0 Å². The number of carbonyl (C=O) groups excluding carboxylic acids is 2. The molecule has 0 unspecified atom stereocenters. The lowest BCUT2D eigenvalue weighted by molar-refractivity contribution is -0.123. The molecule has 0 saturated carbocycles. The maximum absolute atomic E-state index is 12.1. The fraction of sp³-hybridized carbons (Fsp3) is 0.286. The maximum atomic E-state index is 12.1. The van der Waals surface area contributed by atoms with E-state index >= 15 is 0 Å². The van der Waals surface area contributed by atoms with Crippen molar-refractivity contribution < 1.29 is 14.3 Å². The summed E-state index contributed by atoms with van der Waals surface area (Å²) >= 11 is 0. The fourth-order valence-electron chi connectivity index (χ4n) is 3.43. The van der Waals surface area contributed by atoms with Crippen LogP contribution in [0.3, 0.4) is 0 Å². The highest BCUT2D eigenvalue weighted by molar-refractivity contribution is 5.94. The Morgan fingerprint density at radius 2 is 2.11 bits per heavy atom. The molecule has 0 spiro atoms. The molecule has 7 nitrogen and oxygen atoms in total. The van der Waals surface area contributed by atoms with Gasteiger partial charge in [-0.25, -0.2) is 4.98 Å². The molecule has 0 bridgehead atoms. The van der Waals surface area contributed by atoms with E-state index in [1.807, 2.05) is 43.3 Å². The Labute approximate surface area is 162 Å². The van der Waals surface area contributed by atoms with Gasteiger partial charge < -0.3 is 19.9 Å². The zero-order valence-corrected chi connectivity index (χ0v) is 15.7. The van der Waals surface area contributed by atoms with Crippen LogP contribution in [0.25, 0.3) is 11.0 Å². The van der Waals surface area contributed by atoms with E-state index in [4.69, 9.17) is 4.74 Å². The minimum atomic E-state index is -0.173. The second-order valence-corrected chi connectivity index (χ2v) is 6.81. The van der Waals surface area contributed by atoms with Crippen LogP contribution in [-0.4, -0.2) is 34.5 Å². The first-order valence-corrected chi connectivity index (χ1v) is 9.34. The number of benzene rings is 2. The number of aryl methyl sites for hydroxylation is 2. The summed E-state index contributed by atoms with van der Waals surface area (Å²) in [4.78, 5) is 28.0. The zero-order valence-electron chi connectivity index (χ0n) is 15.7. The molecule has 0 aliphatic carbocycles. The molecule has 0 atom stereocenters. The molecule has 0 radical (unpaired) electrons. The standard InChI is InChI=1S/C21H22N4O3/c1-14-23-18-4-2-3-5-19(18)25(14)11-10-22-21(27)13-28-16-7-8-17-15(12-16)6-9-20(26)24-17/h2-5,7-8,12H,6,9-11,13H2,1H3,(H,22,27)(H,24,26). The number of hydrogen-bond acceptors (Lipinski definition) is 4. The van der Waals surface area contributed by atoms with Crippen LogP contribution in [0.4, 0.5) is 5.69 Å². The number of ether oxygens (including phenoxy) is 1. The molecule has 0 saturated heterocycles. The SMILES string of the molecule is Cc1nc2ccccc2n1CCNC(=O)COc1ccc2c(c1)CCC(=O)N2. The molecule has 1 aliphatic heterocycles. The Hall–Kier alpha value is -3.35. The molecule has 2 heterocycles. The highest BCUT2D eigenvalue weighted by Crippen LogP contribution is 2.26. The number of imidazole rings is 1. The number of nitrogens with zero attached hydrogens (tertiary/aromatic N) is 2. The molecular formula is C21H22N4O3. The molecule has 144 valence electrons. The Kier molecular flexibility index (Phi) is 4.97. The second kappa shape index (κ2) is 7.72. The molecule has 28 heavy (non-hydrogen) atoms. The van der Waals surface area contributed by atoms with Gasteiger partial charge in [-0.2, -0.15) is 0 Å². The zero-order chi connectivity index (χ0) is 19.5. The lowest BCUT2D eigenvalue weighted by Crippen LogP contribution is -2.31. The number of carbonyl (C=O) groups is 2. The molecule has 4 rings (SSSR count). The smallest absolute Gasteiger partial charge is 0.258 e. The summed E-state index contributed by atoms with van der Waals surface area (Å²) in [6.07, 6.45) is 1.15. The maximum Gasteiger partial charge on any atom is 0.258 e. The number of amides is 2. The van der Waals surface area contributed by atoms with Crippen LogP contribution in [0.2, 0.25) is 0 Å². The molecule has 7 heteroatoms. The van der Waals surface area contributed by atoms with Crippen molar-refractivity contribution in [3.8, 4) is 5.75 Å². The van der Waals surface area contributed by atoms with Gasteiger partial charge in [-0.05, 0) is 49.2 Å². The third-order valence-electron chi connectivity index (χ3n) is 4.85. The number of rotatable bonds is 6. The molecule has 0 fully saturated rings. The summed E-state index contributed by atoms with van der Waals surface area (Å²) in [6, 6.07) is 13.4. The molecule has 2 aromatic carbocycles. The number of anilines is 1. The highest BCUT2D eigenvalue weighted by atomic mass is 16.5. The van der Waals surface area contributed by atoms with Crippen molar-refractivity contribution in [2.75, 3.05) is 18.5 Å². The van der Waals surface area contributed by atoms with E-state index < -0.39 is 0 Å². The summed E-state index contributed by atoms with van der Waals surface area (Å²) in [5.41, 5.74) is 3.86. The fourth-order valence-corrected chi connectivity index (χ4v) is 3.43. The summed E-state index contributed by atoms with van der Waals surface area (Å²) in [7, 11) is 0. The van der Waals surface area contributed by atoms with E-state index in [9.17, 15) is 9.59 Å². The lowest BCUT2D eigenvalue weighted by atomic mass is 10.0. The average molecular weight is 378 g/mol. The summed E-state index contributed by atoms with van der Waals surface area (Å²) in [5, 5.41) is 5.71. The molecule has 1 aliphatic rings. The minimum absolute atomic E-state index is 0.0291. The van der Waals surface area contributed by atoms with Gasteiger partial charge in [-0.3, -0.25) is 9.59 Å². The van der Waals surface area contributed by atoms with Crippen LogP contribution in [0.5, 0.6) is 5.75 Å². The van der Waals surface area contributed by atoms with Gasteiger partial charge in [0.05, 0.1) is 11.0 Å². The van der Waals surface area contributed by atoms with Crippen molar-refractivity contribution in [2.45, 2.75) is 26.3 Å². The van der Waals surface area contributed by atoms with E-state index in [0.717, 1.165) is 28.1 Å². The predicted molar refractivity (Wildman–Crippen MR) is 106 cm³/mol. The van der Waals surface area contributed by atoms with E-state index in [1.54, 1.807) is 6.07 Å². The van der Waals surface area contributed by atoms with E-state index in [0.29, 0.717) is 31.7 Å². The molecule has 3 aromatic rings. The number of hydrogen-bond donors (Lipinski definition) is 2. The number of aromatic nitrogens is 2. The molecule has 2 N–H and O–H groups in total. The van der Waals surface area contributed by atoms with E-state index in [1.165, 1.54) is 0 Å². The van der Waals surface area contributed by atoms with Gasteiger partial charge in [-0.1, -0.05) is 12.1 Å². The first-order valence-electron chi connectivity index (χ1n) is 9.34. The second-order valence-electron chi connectivity index (χ2n) is 6.81. The van der Waals surface area contributed by atoms with Crippen LogP contribution in [0, 0.1) is 6.92 Å². The largest absolute Gasteiger partial charge is 0.484 e. The van der Waals surface area contributed by atoms with Gasteiger partial charge in [0.25, 0.3) is 5.91 Å². The van der Waals surface area contributed by atoms with Crippen molar-refractivity contribution in [2.24, 2.45) is 0 Å². The first kappa shape index (κ1) is 18.0. The molecular weight excluding hydrogens is 356 g/mol. The molecule has 1 aromatic heterocycles. The van der Waals surface area contributed by atoms with Gasteiger partial charge >= 0.3 is 0 Å². The minimum Gasteiger partial charge on any atom is -0.484 e. The van der Waals surface area contributed by atoms with Crippen LogP contribution in [0.15, 0.2) is 42.5 Å². The first-order chi connectivity index (χ1) is 13.6. The van der Waals surface area contributed by atoms with Crippen molar-refractivity contribution in [3.63, 3.8) is 0 Å². The van der Waals surface area contributed by atoms with Gasteiger partial charge in [0, 0.05) is 25.2 Å². The Morgan fingerprint density at radius 1 is 1.25 bits per heavy atom. The quantitative estimate of drug-likeness (QED) is 0.690. The summed E-state index contributed by atoms with van der Waals surface area (Å²) in [5.74, 6) is 1.41. The third kappa shape index (κ3) is 3.83. The summed E-state index contributed by atoms with van der Waals surface area (Å²) < 4.78 is 7.69. The van der Waals surface area contributed by atoms with E-state index in [-0.39, 0.29) is 18.4 Å². The Balaban J connectivity index is 1.28.